The van der Waals surface area contributed by atoms with Crippen molar-refractivity contribution in [3.05, 3.63) is 36.4 Å². The maximum Gasteiger partial charge on any atom is 0.120 e. The smallest absolute Gasteiger partial charge is 0.120 e. The summed E-state index contributed by atoms with van der Waals surface area (Å²) in [4.78, 5) is 0. The van der Waals surface area contributed by atoms with Gasteiger partial charge in [-0.3, -0.25) is 0 Å². The summed E-state index contributed by atoms with van der Waals surface area (Å²) in [5, 5.41) is 5.89. The molecule has 0 spiro atoms. The van der Waals surface area contributed by atoms with Crippen molar-refractivity contribution in [2.75, 3.05) is 19.7 Å². The van der Waals surface area contributed by atoms with Crippen molar-refractivity contribution in [1.82, 2.24) is 5.32 Å². The van der Waals surface area contributed by atoms with Crippen molar-refractivity contribution in [3.8, 4) is 11.5 Å². The van der Waals surface area contributed by atoms with E-state index in [-0.39, 0.29) is 0 Å². The van der Waals surface area contributed by atoms with Gasteiger partial charge in [0.1, 0.15) is 11.5 Å². The van der Waals surface area contributed by atoms with Crippen LogP contribution in [-0.2, 0) is 0 Å². The number of hydrogen-bond acceptors (Lipinski definition) is 3. The lowest BCUT2D eigenvalue weighted by Gasteiger charge is -2.15. The number of rotatable bonds is 4. The zero-order chi connectivity index (χ0) is 14.9. The Hall–Kier alpha value is -1.74. The summed E-state index contributed by atoms with van der Waals surface area (Å²) in [5.74, 6) is 3.54. The molecule has 22 heavy (non-hydrogen) atoms. The molecule has 3 nitrogen and oxygen atoms in total. The van der Waals surface area contributed by atoms with Gasteiger partial charge in [0.2, 0.25) is 0 Å². The predicted molar refractivity (Wildman–Crippen MR) is 88.6 cm³/mol. The highest BCUT2D eigenvalue weighted by Crippen LogP contribution is 2.37. The van der Waals surface area contributed by atoms with E-state index in [2.05, 4.69) is 35.6 Å². The van der Waals surface area contributed by atoms with E-state index in [1.807, 2.05) is 13.0 Å². The molecule has 2 aromatic rings. The number of hydrogen-bond donors (Lipinski definition) is 1. The van der Waals surface area contributed by atoms with Crippen molar-refractivity contribution in [2.45, 2.75) is 25.9 Å². The van der Waals surface area contributed by atoms with E-state index in [1.54, 1.807) is 0 Å². The SMILES string of the molecule is CCOc1ccc2ccc(OC3C[C@H]4CNC[C@H]4C3)cc2c1. The van der Waals surface area contributed by atoms with Crippen molar-refractivity contribution in [1.29, 1.82) is 0 Å². The second-order valence-corrected chi connectivity index (χ2v) is 6.49. The van der Waals surface area contributed by atoms with E-state index in [0.717, 1.165) is 23.3 Å². The lowest BCUT2D eigenvalue weighted by Crippen LogP contribution is -2.18. The van der Waals surface area contributed by atoms with Crippen molar-refractivity contribution < 1.29 is 9.47 Å². The summed E-state index contributed by atoms with van der Waals surface area (Å²) in [7, 11) is 0. The lowest BCUT2D eigenvalue weighted by molar-refractivity contribution is 0.199. The molecule has 2 aromatic carbocycles. The first-order valence-corrected chi connectivity index (χ1v) is 8.36. The fraction of sp³-hybridized carbons (Fsp3) is 0.474. The maximum absolute atomic E-state index is 6.25. The van der Waals surface area contributed by atoms with Gasteiger partial charge in [0, 0.05) is 0 Å². The second kappa shape index (κ2) is 5.81. The number of ether oxygens (including phenoxy) is 2. The summed E-state index contributed by atoms with van der Waals surface area (Å²) in [5.41, 5.74) is 0. The van der Waals surface area contributed by atoms with Crippen LogP contribution in [0.4, 0.5) is 0 Å². The first kappa shape index (κ1) is 13.9. The highest BCUT2D eigenvalue weighted by atomic mass is 16.5. The van der Waals surface area contributed by atoms with Crippen LogP contribution in [0.3, 0.4) is 0 Å². The van der Waals surface area contributed by atoms with Crippen LogP contribution >= 0.6 is 0 Å². The first-order valence-electron chi connectivity index (χ1n) is 8.36. The molecule has 1 aliphatic heterocycles. The highest BCUT2D eigenvalue weighted by molar-refractivity contribution is 5.85. The molecule has 3 atom stereocenters. The molecule has 0 bridgehead atoms. The Morgan fingerprint density at radius 2 is 1.64 bits per heavy atom. The molecule has 2 aliphatic rings. The Balaban J connectivity index is 1.52. The Bertz CT molecular complexity index is 658. The van der Waals surface area contributed by atoms with E-state index >= 15 is 0 Å². The van der Waals surface area contributed by atoms with Gasteiger partial charge in [0.15, 0.2) is 0 Å². The normalized spacial score (nSPS) is 27.0. The predicted octanol–water partition coefficient (Wildman–Crippen LogP) is 3.62. The zero-order valence-corrected chi connectivity index (χ0v) is 13.0. The van der Waals surface area contributed by atoms with Crippen LogP contribution < -0.4 is 14.8 Å². The van der Waals surface area contributed by atoms with Gasteiger partial charge >= 0.3 is 0 Å². The van der Waals surface area contributed by atoms with Crippen molar-refractivity contribution in [2.24, 2.45) is 11.8 Å². The van der Waals surface area contributed by atoms with Gasteiger partial charge in [-0.2, -0.15) is 0 Å². The zero-order valence-electron chi connectivity index (χ0n) is 13.0. The van der Waals surface area contributed by atoms with E-state index in [0.29, 0.717) is 12.7 Å². The summed E-state index contributed by atoms with van der Waals surface area (Å²) >= 11 is 0. The minimum Gasteiger partial charge on any atom is -0.494 e. The van der Waals surface area contributed by atoms with E-state index in [4.69, 9.17) is 9.47 Å². The topological polar surface area (TPSA) is 30.5 Å². The Labute approximate surface area is 131 Å². The van der Waals surface area contributed by atoms with Gasteiger partial charge in [-0.15, -0.1) is 0 Å². The van der Waals surface area contributed by atoms with Gasteiger partial charge in [-0.05, 0) is 79.7 Å². The van der Waals surface area contributed by atoms with E-state index in [1.165, 1.54) is 36.7 Å². The molecule has 0 radical (unpaired) electrons. The molecule has 0 amide bonds. The fourth-order valence-electron chi connectivity index (χ4n) is 3.93. The molecule has 1 saturated carbocycles. The summed E-state index contributed by atoms with van der Waals surface area (Å²) in [6.07, 6.45) is 2.76. The summed E-state index contributed by atoms with van der Waals surface area (Å²) < 4.78 is 11.8. The fourth-order valence-corrected chi connectivity index (χ4v) is 3.93. The van der Waals surface area contributed by atoms with Crippen LogP contribution in [0, 0.1) is 11.8 Å². The second-order valence-electron chi connectivity index (χ2n) is 6.49. The molecular weight excluding hydrogens is 274 g/mol. The van der Waals surface area contributed by atoms with Crippen LogP contribution in [0.1, 0.15) is 19.8 Å². The average molecular weight is 297 g/mol. The summed E-state index contributed by atoms with van der Waals surface area (Å²) in [6.45, 7) is 5.04. The van der Waals surface area contributed by atoms with Crippen LogP contribution in [0.5, 0.6) is 11.5 Å². The maximum atomic E-state index is 6.25. The van der Waals surface area contributed by atoms with Crippen LogP contribution in [0.2, 0.25) is 0 Å². The molecule has 1 unspecified atom stereocenters. The Morgan fingerprint density at radius 3 is 2.36 bits per heavy atom. The molecule has 1 saturated heterocycles. The van der Waals surface area contributed by atoms with Gasteiger partial charge in [0.25, 0.3) is 0 Å². The van der Waals surface area contributed by atoms with Gasteiger partial charge in [0.05, 0.1) is 12.7 Å². The molecule has 1 heterocycles. The number of fused-ring (bicyclic) bond motifs is 2. The molecule has 0 aromatic heterocycles. The highest BCUT2D eigenvalue weighted by Gasteiger charge is 2.38. The third kappa shape index (κ3) is 2.66. The van der Waals surface area contributed by atoms with Gasteiger partial charge < -0.3 is 14.8 Å². The Kier molecular flexibility index (Phi) is 3.67. The molecule has 3 heteroatoms. The molecule has 1 aliphatic carbocycles. The average Bonchev–Trinajstić information content (AvgIpc) is 3.08. The molecular formula is C19H23NO2. The third-order valence-electron chi connectivity index (χ3n) is 5.01. The van der Waals surface area contributed by atoms with Crippen LogP contribution in [0.25, 0.3) is 10.8 Å². The minimum atomic E-state index is 0.379. The van der Waals surface area contributed by atoms with Gasteiger partial charge in [-0.25, -0.2) is 0 Å². The van der Waals surface area contributed by atoms with Crippen molar-refractivity contribution >= 4 is 10.8 Å². The standard InChI is InChI=1S/C19H23NO2/c1-2-21-17-5-3-13-4-6-18(8-14(13)7-17)22-19-9-15-11-20-12-16(15)10-19/h3-8,15-16,19-20H,2,9-12H2,1H3/t15-,16+,19?. The molecule has 116 valence electrons. The van der Waals surface area contributed by atoms with Crippen molar-refractivity contribution in [3.63, 3.8) is 0 Å². The third-order valence-corrected chi connectivity index (χ3v) is 5.01. The number of benzene rings is 2. The van der Waals surface area contributed by atoms with E-state index < -0.39 is 0 Å². The van der Waals surface area contributed by atoms with Crippen LogP contribution in [-0.4, -0.2) is 25.8 Å². The van der Waals surface area contributed by atoms with Crippen LogP contribution in [0.15, 0.2) is 36.4 Å². The quantitative estimate of drug-likeness (QED) is 0.935. The molecule has 2 fully saturated rings. The first-order chi connectivity index (χ1) is 10.8. The Morgan fingerprint density at radius 1 is 0.955 bits per heavy atom. The minimum absolute atomic E-state index is 0.379. The van der Waals surface area contributed by atoms with E-state index in [9.17, 15) is 0 Å². The summed E-state index contributed by atoms with van der Waals surface area (Å²) in [6, 6.07) is 12.6. The molecule has 1 N–H and O–H groups in total. The number of nitrogens with one attached hydrogen (secondary N) is 1. The lowest BCUT2D eigenvalue weighted by atomic mass is 10.0. The monoisotopic (exact) mass is 297 g/mol. The molecule has 4 rings (SSSR count). The van der Waals surface area contributed by atoms with Gasteiger partial charge in [-0.1, -0.05) is 12.1 Å². The largest absolute Gasteiger partial charge is 0.494 e.